The number of methoxy groups -OCH3 is 1. The molecule has 0 bridgehead atoms. The Kier molecular flexibility index (Phi) is 6.14. The maximum Gasteiger partial charge on any atom is 0.196 e. The number of aromatic nitrogens is 4. The number of para-hydroxylation sites is 1. The lowest BCUT2D eigenvalue weighted by atomic mass is 10.0. The van der Waals surface area contributed by atoms with Gasteiger partial charge in [0.25, 0.3) is 0 Å². The smallest absolute Gasteiger partial charge is 0.196 e. The van der Waals surface area contributed by atoms with Crippen molar-refractivity contribution in [3.63, 3.8) is 0 Å². The normalized spacial score (nSPS) is 11.1. The first-order valence-corrected chi connectivity index (χ1v) is 10.9. The predicted molar refractivity (Wildman–Crippen MR) is 121 cm³/mol. The topological polar surface area (TPSA) is 52.8 Å². The minimum Gasteiger partial charge on any atom is -0.497 e. The second kappa shape index (κ2) is 9.13. The molecule has 0 saturated heterocycles. The second-order valence-electron chi connectivity index (χ2n) is 7.23. The second-order valence-corrected chi connectivity index (χ2v) is 8.18. The molecule has 4 aromatic rings. The lowest BCUT2D eigenvalue weighted by Crippen LogP contribution is -2.05. The molecule has 30 heavy (non-hydrogen) atoms. The van der Waals surface area contributed by atoms with E-state index in [2.05, 4.69) is 70.0 Å². The van der Waals surface area contributed by atoms with Gasteiger partial charge in [-0.05, 0) is 47.4 Å². The first kappa shape index (κ1) is 20.2. The molecule has 5 nitrogen and oxygen atoms in total. The molecule has 0 fully saturated rings. The number of rotatable bonds is 7. The van der Waals surface area contributed by atoms with Gasteiger partial charge in [0.1, 0.15) is 5.75 Å². The molecule has 0 saturated carbocycles. The number of pyridine rings is 1. The van der Waals surface area contributed by atoms with Gasteiger partial charge in [-0.1, -0.05) is 55.9 Å². The van der Waals surface area contributed by atoms with Crippen molar-refractivity contribution in [1.29, 1.82) is 0 Å². The molecule has 0 radical (unpaired) electrons. The monoisotopic (exact) mass is 416 g/mol. The lowest BCUT2D eigenvalue weighted by Gasteiger charge is -2.17. The highest BCUT2D eigenvalue weighted by Crippen LogP contribution is 2.33. The van der Waals surface area contributed by atoms with Crippen LogP contribution in [0, 0.1) is 0 Å². The van der Waals surface area contributed by atoms with Gasteiger partial charge in [-0.25, -0.2) is 0 Å². The molecule has 0 aliphatic carbocycles. The van der Waals surface area contributed by atoms with Crippen LogP contribution in [0.1, 0.15) is 30.9 Å². The van der Waals surface area contributed by atoms with E-state index in [1.165, 1.54) is 11.1 Å². The Morgan fingerprint density at radius 2 is 1.77 bits per heavy atom. The molecule has 2 heterocycles. The number of nitrogens with zero attached hydrogens (tertiary/aromatic N) is 4. The van der Waals surface area contributed by atoms with Crippen LogP contribution in [0.25, 0.3) is 17.1 Å². The molecule has 152 valence electrons. The van der Waals surface area contributed by atoms with Crippen molar-refractivity contribution in [3.8, 4) is 22.8 Å². The summed E-state index contributed by atoms with van der Waals surface area (Å²) in [5.74, 6) is 2.83. The van der Waals surface area contributed by atoms with Gasteiger partial charge in [-0.3, -0.25) is 9.55 Å². The van der Waals surface area contributed by atoms with Gasteiger partial charge >= 0.3 is 0 Å². The molecule has 0 aliphatic heterocycles. The van der Waals surface area contributed by atoms with Gasteiger partial charge in [-0.15, -0.1) is 10.2 Å². The Morgan fingerprint density at radius 3 is 2.47 bits per heavy atom. The van der Waals surface area contributed by atoms with Crippen molar-refractivity contribution in [2.45, 2.75) is 30.7 Å². The van der Waals surface area contributed by atoms with E-state index in [9.17, 15) is 0 Å². The van der Waals surface area contributed by atoms with E-state index >= 15 is 0 Å². The Morgan fingerprint density at radius 1 is 0.967 bits per heavy atom. The van der Waals surface area contributed by atoms with E-state index in [0.717, 1.165) is 33.7 Å². The van der Waals surface area contributed by atoms with E-state index in [-0.39, 0.29) is 0 Å². The highest BCUT2D eigenvalue weighted by molar-refractivity contribution is 7.98. The molecular formula is C24H24N4OS. The largest absolute Gasteiger partial charge is 0.497 e. The van der Waals surface area contributed by atoms with Crippen LogP contribution in [0.5, 0.6) is 5.75 Å². The number of hydrogen-bond donors (Lipinski definition) is 0. The Labute approximate surface area is 181 Å². The average molecular weight is 417 g/mol. The molecule has 0 spiro atoms. The molecule has 0 atom stereocenters. The standard InChI is InChI=1S/C24H24N4OS/c1-17(2)21-8-4-5-9-22(21)28-23(19-7-6-14-25-15-19)26-27-24(28)30-16-18-10-12-20(29-3)13-11-18/h4-15,17H,16H2,1-3H3. The Hall–Kier alpha value is -3.12. The first-order chi connectivity index (χ1) is 14.7. The van der Waals surface area contributed by atoms with Gasteiger partial charge in [-0.2, -0.15) is 0 Å². The van der Waals surface area contributed by atoms with E-state index in [1.807, 2.05) is 30.5 Å². The van der Waals surface area contributed by atoms with Gasteiger partial charge < -0.3 is 4.74 Å². The maximum atomic E-state index is 5.26. The van der Waals surface area contributed by atoms with Crippen LogP contribution in [0.15, 0.2) is 78.2 Å². The summed E-state index contributed by atoms with van der Waals surface area (Å²) in [6.07, 6.45) is 3.60. The third-order valence-electron chi connectivity index (χ3n) is 4.88. The van der Waals surface area contributed by atoms with Crippen molar-refractivity contribution in [1.82, 2.24) is 19.7 Å². The average Bonchev–Trinajstić information content (AvgIpc) is 3.22. The molecule has 4 rings (SSSR count). The van der Waals surface area contributed by atoms with Gasteiger partial charge in [0.15, 0.2) is 11.0 Å². The fraction of sp³-hybridized carbons (Fsp3) is 0.208. The van der Waals surface area contributed by atoms with Crippen LogP contribution >= 0.6 is 11.8 Å². The fourth-order valence-corrected chi connectivity index (χ4v) is 4.21. The van der Waals surface area contributed by atoms with E-state index in [0.29, 0.717) is 5.92 Å². The lowest BCUT2D eigenvalue weighted by molar-refractivity contribution is 0.414. The summed E-state index contributed by atoms with van der Waals surface area (Å²) in [5, 5.41) is 9.94. The van der Waals surface area contributed by atoms with Crippen molar-refractivity contribution >= 4 is 11.8 Å². The first-order valence-electron chi connectivity index (χ1n) is 9.88. The van der Waals surface area contributed by atoms with Crippen molar-refractivity contribution in [2.75, 3.05) is 7.11 Å². The SMILES string of the molecule is COc1ccc(CSc2nnc(-c3cccnc3)n2-c2ccccc2C(C)C)cc1. The number of hydrogen-bond acceptors (Lipinski definition) is 5. The molecule has 2 aromatic heterocycles. The third kappa shape index (κ3) is 4.24. The number of benzene rings is 2. The number of thioether (sulfide) groups is 1. The highest BCUT2D eigenvalue weighted by atomic mass is 32.2. The summed E-state index contributed by atoms with van der Waals surface area (Å²) in [7, 11) is 1.68. The van der Waals surface area contributed by atoms with E-state index < -0.39 is 0 Å². The van der Waals surface area contributed by atoms with Crippen LogP contribution < -0.4 is 4.74 Å². The summed E-state index contributed by atoms with van der Waals surface area (Å²) in [4.78, 5) is 4.27. The van der Waals surface area contributed by atoms with Crippen LogP contribution in [0.3, 0.4) is 0 Å². The van der Waals surface area contributed by atoms with E-state index in [4.69, 9.17) is 4.74 Å². The minimum absolute atomic E-state index is 0.379. The molecule has 2 aromatic carbocycles. The zero-order valence-electron chi connectivity index (χ0n) is 17.3. The fourth-order valence-electron chi connectivity index (χ4n) is 3.31. The Balaban J connectivity index is 1.75. The molecule has 0 aliphatic rings. The van der Waals surface area contributed by atoms with Crippen molar-refractivity contribution < 1.29 is 4.74 Å². The van der Waals surface area contributed by atoms with Crippen LogP contribution in [0.4, 0.5) is 0 Å². The molecular weight excluding hydrogens is 392 g/mol. The van der Waals surface area contributed by atoms with Crippen LogP contribution in [-0.2, 0) is 5.75 Å². The maximum absolute atomic E-state index is 5.26. The highest BCUT2D eigenvalue weighted by Gasteiger charge is 2.19. The molecule has 0 amide bonds. The van der Waals surface area contributed by atoms with E-state index in [1.54, 1.807) is 25.1 Å². The van der Waals surface area contributed by atoms with Crippen LogP contribution in [-0.4, -0.2) is 26.9 Å². The zero-order chi connectivity index (χ0) is 20.9. The molecule has 6 heteroatoms. The molecule has 0 unspecified atom stereocenters. The summed E-state index contributed by atoms with van der Waals surface area (Å²) < 4.78 is 7.41. The molecule has 0 N–H and O–H groups in total. The van der Waals surface area contributed by atoms with Gasteiger partial charge in [0.05, 0.1) is 12.8 Å². The third-order valence-corrected chi connectivity index (χ3v) is 5.88. The van der Waals surface area contributed by atoms with Crippen molar-refractivity contribution in [3.05, 3.63) is 84.2 Å². The van der Waals surface area contributed by atoms with Gasteiger partial charge in [0.2, 0.25) is 0 Å². The van der Waals surface area contributed by atoms with Crippen molar-refractivity contribution in [2.24, 2.45) is 0 Å². The summed E-state index contributed by atoms with van der Waals surface area (Å²) in [5.41, 5.74) is 4.51. The Bertz CT molecular complexity index is 1110. The predicted octanol–water partition coefficient (Wildman–Crippen LogP) is 5.75. The quantitative estimate of drug-likeness (QED) is 0.359. The van der Waals surface area contributed by atoms with Gasteiger partial charge in [0, 0.05) is 23.7 Å². The minimum atomic E-state index is 0.379. The van der Waals surface area contributed by atoms with Crippen LogP contribution in [0.2, 0.25) is 0 Å². The summed E-state index contributed by atoms with van der Waals surface area (Å²) in [6, 6.07) is 20.5. The number of ether oxygens (including phenoxy) is 1. The summed E-state index contributed by atoms with van der Waals surface area (Å²) >= 11 is 1.67. The summed E-state index contributed by atoms with van der Waals surface area (Å²) in [6.45, 7) is 4.41. The zero-order valence-corrected chi connectivity index (χ0v) is 18.1.